The number of nitrogens with zero attached hydrogens (tertiary/aromatic N) is 3. The van der Waals surface area contributed by atoms with Gasteiger partial charge < -0.3 is 9.26 Å². The van der Waals surface area contributed by atoms with Gasteiger partial charge in [-0.25, -0.2) is 0 Å². The van der Waals surface area contributed by atoms with Crippen molar-refractivity contribution >= 4 is 23.2 Å². The van der Waals surface area contributed by atoms with E-state index in [1.54, 1.807) is 24.5 Å². The zero-order chi connectivity index (χ0) is 18.6. The molecule has 0 bridgehead atoms. The van der Waals surface area contributed by atoms with Crippen LogP contribution in [0.15, 0.2) is 71.5 Å². The molecule has 0 atom stereocenters. The summed E-state index contributed by atoms with van der Waals surface area (Å²) in [6.45, 7) is 0.368. The molecule has 2 aromatic carbocycles. The topological polar surface area (TPSA) is 61.0 Å². The number of hydrogen-bond acceptors (Lipinski definition) is 5. The van der Waals surface area contributed by atoms with Crippen molar-refractivity contribution in [1.29, 1.82) is 0 Å². The first-order valence-electron chi connectivity index (χ1n) is 8.10. The van der Waals surface area contributed by atoms with Crippen molar-refractivity contribution in [1.82, 2.24) is 15.1 Å². The largest absolute Gasteiger partial charge is 0.489 e. The summed E-state index contributed by atoms with van der Waals surface area (Å²) in [6.07, 6.45) is 3.37. The van der Waals surface area contributed by atoms with Crippen LogP contribution in [0.5, 0.6) is 5.75 Å². The van der Waals surface area contributed by atoms with E-state index in [1.807, 2.05) is 42.5 Å². The van der Waals surface area contributed by atoms with Gasteiger partial charge in [-0.05, 0) is 48.0 Å². The van der Waals surface area contributed by atoms with Crippen molar-refractivity contribution in [3.63, 3.8) is 0 Å². The summed E-state index contributed by atoms with van der Waals surface area (Å²) in [5.74, 6) is 1.61. The van der Waals surface area contributed by atoms with Gasteiger partial charge in [-0.2, -0.15) is 4.98 Å². The number of hydrogen-bond donors (Lipinski definition) is 0. The molecular weight excluding hydrogens is 385 g/mol. The highest BCUT2D eigenvalue weighted by Crippen LogP contribution is 2.26. The molecule has 0 saturated heterocycles. The Morgan fingerprint density at radius 1 is 0.889 bits per heavy atom. The van der Waals surface area contributed by atoms with Gasteiger partial charge in [0.25, 0.3) is 5.89 Å². The average Bonchev–Trinajstić information content (AvgIpc) is 3.20. The molecular formula is C20H13Cl2N3O2. The fourth-order valence-electron chi connectivity index (χ4n) is 2.47. The van der Waals surface area contributed by atoms with Crippen molar-refractivity contribution in [2.45, 2.75) is 6.61 Å². The van der Waals surface area contributed by atoms with E-state index in [-0.39, 0.29) is 0 Å². The third kappa shape index (κ3) is 4.10. The fourth-order valence-corrected chi connectivity index (χ4v) is 2.79. The van der Waals surface area contributed by atoms with E-state index in [9.17, 15) is 0 Å². The monoisotopic (exact) mass is 397 g/mol. The summed E-state index contributed by atoms with van der Waals surface area (Å²) < 4.78 is 11.2. The Morgan fingerprint density at radius 3 is 2.56 bits per heavy atom. The maximum atomic E-state index is 6.03. The zero-order valence-electron chi connectivity index (χ0n) is 14.0. The van der Waals surface area contributed by atoms with Crippen LogP contribution in [0.2, 0.25) is 10.0 Å². The second-order valence-electron chi connectivity index (χ2n) is 5.72. The average molecular weight is 398 g/mol. The molecule has 4 aromatic rings. The van der Waals surface area contributed by atoms with E-state index in [0.717, 1.165) is 16.7 Å². The summed E-state index contributed by atoms with van der Waals surface area (Å²) in [4.78, 5) is 8.42. The second kappa shape index (κ2) is 7.78. The molecule has 0 radical (unpaired) electrons. The molecule has 0 spiro atoms. The van der Waals surface area contributed by atoms with Gasteiger partial charge in [0.2, 0.25) is 5.82 Å². The quantitative estimate of drug-likeness (QED) is 0.433. The smallest absolute Gasteiger partial charge is 0.258 e. The van der Waals surface area contributed by atoms with Crippen LogP contribution in [0.25, 0.3) is 22.8 Å². The lowest BCUT2D eigenvalue weighted by Crippen LogP contribution is -1.95. The maximum Gasteiger partial charge on any atom is 0.258 e. The summed E-state index contributed by atoms with van der Waals surface area (Å²) in [6, 6.07) is 16.5. The standard InChI is InChI=1S/C20H13Cl2N3O2/c21-17-5-4-13(10-18(17)22)12-26-16-3-1-2-15(11-16)20-24-19(25-27-20)14-6-8-23-9-7-14/h1-11H,12H2. The van der Waals surface area contributed by atoms with E-state index >= 15 is 0 Å². The number of aromatic nitrogens is 3. The third-order valence-electron chi connectivity index (χ3n) is 3.84. The minimum Gasteiger partial charge on any atom is -0.489 e. The highest BCUT2D eigenvalue weighted by molar-refractivity contribution is 6.42. The van der Waals surface area contributed by atoms with Crippen LogP contribution < -0.4 is 4.74 Å². The minimum atomic E-state index is 0.368. The van der Waals surface area contributed by atoms with Crippen LogP contribution in [-0.2, 0) is 6.61 Å². The van der Waals surface area contributed by atoms with Crippen molar-refractivity contribution in [2.75, 3.05) is 0 Å². The Bertz CT molecular complexity index is 1070. The molecule has 0 unspecified atom stereocenters. The van der Waals surface area contributed by atoms with Gasteiger partial charge in [0.1, 0.15) is 12.4 Å². The first-order chi connectivity index (χ1) is 13.2. The highest BCUT2D eigenvalue weighted by atomic mass is 35.5. The molecule has 0 aliphatic rings. The molecule has 4 rings (SSSR count). The van der Waals surface area contributed by atoms with Gasteiger partial charge in [-0.1, -0.05) is 40.5 Å². The summed E-state index contributed by atoms with van der Waals surface area (Å²) in [7, 11) is 0. The molecule has 134 valence electrons. The summed E-state index contributed by atoms with van der Waals surface area (Å²) >= 11 is 12.0. The Hall–Kier alpha value is -2.89. The van der Waals surface area contributed by atoms with Crippen LogP contribution in [-0.4, -0.2) is 15.1 Å². The predicted octanol–water partition coefficient (Wildman–Crippen LogP) is 5.68. The van der Waals surface area contributed by atoms with Crippen molar-refractivity contribution in [3.8, 4) is 28.6 Å². The van der Waals surface area contributed by atoms with Gasteiger partial charge in [0.05, 0.1) is 10.0 Å². The molecule has 0 N–H and O–H groups in total. The normalized spacial score (nSPS) is 10.7. The van der Waals surface area contributed by atoms with E-state index in [1.165, 1.54) is 0 Å². The Labute approximate surface area is 165 Å². The van der Waals surface area contributed by atoms with Gasteiger partial charge in [-0.15, -0.1) is 0 Å². The van der Waals surface area contributed by atoms with Crippen molar-refractivity contribution < 1.29 is 9.26 Å². The fraction of sp³-hybridized carbons (Fsp3) is 0.0500. The lowest BCUT2D eigenvalue weighted by Gasteiger charge is -2.08. The molecule has 0 aliphatic carbocycles. The van der Waals surface area contributed by atoms with Crippen molar-refractivity contribution in [2.24, 2.45) is 0 Å². The van der Waals surface area contributed by atoms with Gasteiger partial charge in [-0.3, -0.25) is 4.98 Å². The predicted molar refractivity (Wildman–Crippen MR) is 104 cm³/mol. The lowest BCUT2D eigenvalue weighted by molar-refractivity contribution is 0.306. The second-order valence-corrected chi connectivity index (χ2v) is 6.54. The van der Waals surface area contributed by atoms with Gasteiger partial charge in [0.15, 0.2) is 0 Å². The van der Waals surface area contributed by atoms with Crippen molar-refractivity contribution in [3.05, 3.63) is 82.6 Å². The highest BCUT2D eigenvalue weighted by Gasteiger charge is 2.11. The molecule has 2 aromatic heterocycles. The SMILES string of the molecule is Clc1ccc(COc2cccc(-c3nc(-c4ccncc4)no3)c2)cc1Cl. The number of pyridine rings is 1. The first-order valence-corrected chi connectivity index (χ1v) is 8.86. The van der Waals surface area contributed by atoms with Crippen LogP contribution in [0.1, 0.15) is 5.56 Å². The summed E-state index contributed by atoms with van der Waals surface area (Å²) in [5.41, 5.74) is 2.54. The molecule has 0 saturated carbocycles. The van der Waals surface area contributed by atoms with Gasteiger partial charge >= 0.3 is 0 Å². The Morgan fingerprint density at radius 2 is 1.74 bits per heavy atom. The Kier molecular flexibility index (Phi) is 5.05. The molecule has 27 heavy (non-hydrogen) atoms. The van der Waals surface area contributed by atoms with E-state index in [2.05, 4.69) is 15.1 Å². The number of ether oxygens (including phenoxy) is 1. The van der Waals surface area contributed by atoms with Gasteiger partial charge in [0, 0.05) is 23.5 Å². The van der Waals surface area contributed by atoms with E-state index in [0.29, 0.717) is 34.1 Å². The molecule has 7 heteroatoms. The van der Waals surface area contributed by atoms with E-state index < -0.39 is 0 Å². The lowest BCUT2D eigenvalue weighted by atomic mass is 10.2. The first kappa shape index (κ1) is 17.5. The third-order valence-corrected chi connectivity index (χ3v) is 4.57. The number of rotatable bonds is 5. The molecule has 2 heterocycles. The maximum absolute atomic E-state index is 6.03. The number of halogens is 2. The molecule has 0 aliphatic heterocycles. The minimum absolute atomic E-state index is 0.368. The molecule has 5 nitrogen and oxygen atoms in total. The zero-order valence-corrected chi connectivity index (χ0v) is 15.5. The number of benzene rings is 2. The van der Waals surface area contributed by atoms with Crippen LogP contribution in [0.4, 0.5) is 0 Å². The van der Waals surface area contributed by atoms with Crippen LogP contribution in [0.3, 0.4) is 0 Å². The van der Waals surface area contributed by atoms with E-state index in [4.69, 9.17) is 32.5 Å². The van der Waals surface area contributed by atoms with Crippen LogP contribution in [0, 0.1) is 0 Å². The van der Waals surface area contributed by atoms with Crippen LogP contribution >= 0.6 is 23.2 Å². The molecule has 0 fully saturated rings. The summed E-state index contributed by atoms with van der Waals surface area (Å²) in [5, 5.41) is 5.04. The Balaban J connectivity index is 1.51. The molecule has 0 amide bonds.